The molecular weight excluding hydrogens is 307 g/mol. The molecule has 0 aromatic rings. The molecular formula is C15H27I. The Kier molecular flexibility index (Phi) is 4.24. The molecule has 0 aliphatic heterocycles. The van der Waals surface area contributed by atoms with Crippen LogP contribution >= 0.6 is 22.6 Å². The van der Waals surface area contributed by atoms with Crippen molar-refractivity contribution >= 4 is 22.6 Å². The summed E-state index contributed by atoms with van der Waals surface area (Å²) in [7, 11) is 0. The Morgan fingerprint density at radius 2 is 1.44 bits per heavy atom. The summed E-state index contributed by atoms with van der Waals surface area (Å²) in [6, 6.07) is 0. The van der Waals surface area contributed by atoms with Crippen molar-refractivity contribution in [1.82, 2.24) is 0 Å². The normalized spacial score (nSPS) is 50.2. The zero-order valence-electron chi connectivity index (χ0n) is 11.1. The standard InChI is InChI=1S/C15H27I/c1-11-4-7-13(8-5-11)14-9-6-12(2)10-15(14,3)16/h11-14H,4-10H2,1-3H3. The van der Waals surface area contributed by atoms with E-state index in [0.29, 0.717) is 3.42 Å². The SMILES string of the molecule is CC1CCC(C2CCC(C)CC2(C)I)CC1. The molecule has 3 unspecified atom stereocenters. The van der Waals surface area contributed by atoms with E-state index in [4.69, 9.17) is 0 Å². The second-order valence-electron chi connectivity index (χ2n) is 6.79. The van der Waals surface area contributed by atoms with Crippen molar-refractivity contribution in [2.45, 2.75) is 69.1 Å². The van der Waals surface area contributed by atoms with Crippen LogP contribution in [0.4, 0.5) is 0 Å². The minimum Gasteiger partial charge on any atom is -0.0789 e. The fourth-order valence-corrected chi connectivity index (χ4v) is 5.69. The maximum atomic E-state index is 2.78. The molecule has 0 N–H and O–H groups in total. The minimum absolute atomic E-state index is 0.584. The average Bonchev–Trinajstić information content (AvgIpc) is 2.18. The van der Waals surface area contributed by atoms with Gasteiger partial charge >= 0.3 is 0 Å². The Morgan fingerprint density at radius 3 is 2.00 bits per heavy atom. The molecule has 16 heavy (non-hydrogen) atoms. The van der Waals surface area contributed by atoms with Crippen LogP contribution in [0.15, 0.2) is 0 Å². The molecule has 2 fully saturated rings. The van der Waals surface area contributed by atoms with Gasteiger partial charge in [0.25, 0.3) is 0 Å². The number of rotatable bonds is 1. The summed E-state index contributed by atoms with van der Waals surface area (Å²) >= 11 is 2.78. The fraction of sp³-hybridized carbons (Fsp3) is 1.00. The Hall–Kier alpha value is 0.730. The van der Waals surface area contributed by atoms with Gasteiger partial charge in [-0.15, -0.1) is 0 Å². The zero-order valence-corrected chi connectivity index (χ0v) is 13.3. The zero-order chi connectivity index (χ0) is 11.8. The van der Waals surface area contributed by atoms with Crippen LogP contribution in [0.1, 0.15) is 65.7 Å². The molecule has 0 spiro atoms. The van der Waals surface area contributed by atoms with Crippen molar-refractivity contribution in [2.75, 3.05) is 0 Å². The van der Waals surface area contributed by atoms with Gasteiger partial charge in [0.2, 0.25) is 0 Å². The molecule has 0 aromatic heterocycles. The van der Waals surface area contributed by atoms with Crippen molar-refractivity contribution in [2.24, 2.45) is 23.7 Å². The van der Waals surface area contributed by atoms with Crippen LogP contribution in [0.2, 0.25) is 0 Å². The smallest absolute Gasteiger partial charge is 0.0227 e. The molecule has 0 radical (unpaired) electrons. The molecule has 0 nitrogen and oxygen atoms in total. The van der Waals surface area contributed by atoms with Crippen molar-refractivity contribution in [1.29, 1.82) is 0 Å². The molecule has 0 aromatic carbocycles. The van der Waals surface area contributed by atoms with Crippen LogP contribution in [0, 0.1) is 23.7 Å². The third kappa shape index (κ3) is 2.94. The second kappa shape index (κ2) is 5.16. The van der Waals surface area contributed by atoms with Crippen LogP contribution in [0.5, 0.6) is 0 Å². The highest BCUT2D eigenvalue weighted by molar-refractivity contribution is 14.1. The van der Waals surface area contributed by atoms with Crippen LogP contribution in [-0.2, 0) is 0 Å². The highest BCUT2D eigenvalue weighted by Gasteiger charge is 2.41. The summed E-state index contributed by atoms with van der Waals surface area (Å²) in [5, 5.41) is 0. The molecule has 0 saturated heterocycles. The summed E-state index contributed by atoms with van der Waals surface area (Å²) in [5.41, 5.74) is 0. The lowest BCUT2D eigenvalue weighted by molar-refractivity contribution is 0.131. The maximum Gasteiger partial charge on any atom is 0.0227 e. The molecule has 94 valence electrons. The lowest BCUT2D eigenvalue weighted by Crippen LogP contribution is -2.40. The third-order valence-electron chi connectivity index (χ3n) is 5.12. The summed E-state index contributed by atoms with van der Waals surface area (Å²) < 4.78 is 0.584. The monoisotopic (exact) mass is 334 g/mol. The van der Waals surface area contributed by atoms with Gasteiger partial charge in [-0.25, -0.2) is 0 Å². The predicted molar refractivity (Wildman–Crippen MR) is 80.1 cm³/mol. The van der Waals surface area contributed by atoms with Gasteiger partial charge in [-0.1, -0.05) is 62.6 Å². The highest BCUT2D eigenvalue weighted by atomic mass is 127. The predicted octanol–water partition coefficient (Wildman–Crippen LogP) is 5.44. The van der Waals surface area contributed by atoms with Gasteiger partial charge in [0.1, 0.15) is 0 Å². The number of halogens is 1. The molecule has 2 aliphatic rings. The summed E-state index contributed by atoms with van der Waals surface area (Å²) in [4.78, 5) is 0. The maximum absolute atomic E-state index is 2.78. The third-order valence-corrected chi connectivity index (χ3v) is 6.36. The van der Waals surface area contributed by atoms with E-state index >= 15 is 0 Å². The van der Waals surface area contributed by atoms with Crippen molar-refractivity contribution < 1.29 is 0 Å². The van der Waals surface area contributed by atoms with E-state index in [2.05, 4.69) is 43.4 Å². The number of alkyl halides is 1. The summed E-state index contributed by atoms with van der Waals surface area (Å²) in [6.07, 6.45) is 10.4. The molecule has 2 aliphatic carbocycles. The van der Waals surface area contributed by atoms with Gasteiger partial charge in [-0.2, -0.15) is 0 Å². The first-order chi connectivity index (χ1) is 7.49. The van der Waals surface area contributed by atoms with Gasteiger partial charge in [-0.05, 0) is 49.4 Å². The number of hydrogen-bond donors (Lipinski definition) is 0. The van der Waals surface area contributed by atoms with Crippen LogP contribution in [0.25, 0.3) is 0 Å². The summed E-state index contributed by atoms with van der Waals surface area (Å²) in [6.45, 7) is 7.39. The number of hydrogen-bond acceptors (Lipinski definition) is 0. The van der Waals surface area contributed by atoms with E-state index < -0.39 is 0 Å². The summed E-state index contributed by atoms with van der Waals surface area (Å²) in [5.74, 6) is 4.02. The van der Waals surface area contributed by atoms with E-state index in [1.54, 1.807) is 0 Å². The minimum atomic E-state index is 0.584. The lowest BCUT2D eigenvalue weighted by Gasteiger charge is -2.46. The van der Waals surface area contributed by atoms with E-state index in [1.165, 1.54) is 44.9 Å². The molecule has 0 heterocycles. The molecule has 0 bridgehead atoms. The topological polar surface area (TPSA) is 0 Å². The second-order valence-corrected chi connectivity index (χ2v) is 9.26. The molecule has 1 heteroatoms. The Morgan fingerprint density at radius 1 is 0.875 bits per heavy atom. The van der Waals surface area contributed by atoms with Crippen molar-refractivity contribution in [3.8, 4) is 0 Å². The Labute approximate surface area is 115 Å². The molecule has 2 saturated carbocycles. The van der Waals surface area contributed by atoms with Gasteiger partial charge in [0.05, 0.1) is 0 Å². The van der Waals surface area contributed by atoms with E-state index in [9.17, 15) is 0 Å². The largest absolute Gasteiger partial charge is 0.0789 e. The van der Waals surface area contributed by atoms with Gasteiger partial charge in [0.15, 0.2) is 0 Å². The fourth-order valence-electron chi connectivity index (χ4n) is 4.12. The molecule has 2 rings (SSSR count). The van der Waals surface area contributed by atoms with E-state index in [1.807, 2.05) is 0 Å². The lowest BCUT2D eigenvalue weighted by atomic mass is 9.65. The van der Waals surface area contributed by atoms with Crippen molar-refractivity contribution in [3.05, 3.63) is 0 Å². The van der Waals surface area contributed by atoms with Crippen LogP contribution in [0.3, 0.4) is 0 Å². The van der Waals surface area contributed by atoms with Gasteiger partial charge in [-0.3, -0.25) is 0 Å². The Bertz CT molecular complexity index is 226. The van der Waals surface area contributed by atoms with Gasteiger partial charge in [0, 0.05) is 3.42 Å². The Balaban J connectivity index is 1.98. The van der Waals surface area contributed by atoms with E-state index in [0.717, 1.165) is 23.7 Å². The van der Waals surface area contributed by atoms with Crippen molar-refractivity contribution in [3.63, 3.8) is 0 Å². The first-order valence-electron chi connectivity index (χ1n) is 7.18. The van der Waals surface area contributed by atoms with Crippen LogP contribution < -0.4 is 0 Å². The first-order valence-corrected chi connectivity index (χ1v) is 8.26. The highest BCUT2D eigenvalue weighted by Crippen LogP contribution is 2.50. The van der Waals surface area contributed by atoms with E-state index in [-0.39, 0.29) is 0 Å². The molecule has 3 atom stereocenters. The average molecular weight is 334 g/mol. The quantitative estimate of drug-likeness (QED) is 0.442. The molecule has 0 amide bonds. The van der Waals surface area contributed by atoms with Gasteiger partial charge < -0.3 is 0 Å². The first kappa shape index (κ1) is 13.2. The van der Waals surface area contributed by atoms with Crippen LogP contribution in [-0.4, -0.2) is 3.42 Å².